The Hall–Kier alpha value is -1.36. The van der Waals surface area contributed by atoms with Crippen LogP contribution in [0.2, 0.25) is 0 Å². The molecule has 0 bridgehead atoms. The van der Waals surface area contributed by atoms with Gasteiger partial charge in [0.25, 0.3) is 0 Å². The quantitative estimate of drug-likeness (QED) is 0.836. The number of aryl methyl sites for hydroxylation is 1. The Morgan fingerprint density at radius 1 is 1.15 bits per heavy atom. The Labute approximate surface area is 122 Å². The number of rotatable bonds is 4. The van der Waals surface area contributed by atoms with E-state index >= 15 is 0 Å². The molecule has 112 valence electrons. The maximum Gasteiger partial charge on any atom is 0.227 e. The van der Waals surface area contributed by atoms with Gasteiger partial charge in [0.2, 0.25) is 5.95 Å². The minimum absolute atomic E-state index is 0.631. The van der Waals surface area contributed by atoms with Crippen molar-refractivity contribution in [2.45, 2.75) is 33.2 Å². The van der Waals surface area contributed by atoms with Gasteiger partial charge in [-0.05, 0) is 20.3 Å². The van der Waals surface area contributed by atoms with Crippen molar-refractivity contribution >= 4 is 11.8 Å². The van der Waals surface area contributed by atoms with E-state index in [1.807, 2.05) is 19.0 Å². The minimum Gasteiger partial charge on any atom is -0.354 e. The summed E-state index contributed by atoms with van der Waals surface area (Å²) in [7, 11) is 3.99. The molecule has 1 fully saturated rings. The molecule has 0 saturated carbocycles. The monoisotopic (exact) mass is 277 g/mol. The third-order valence-electron chi connectivity index (χ3n) is 3.88. The summed E-state index contributed by atoms with van der Waals surface area (Å²) in [5.41, 5.74) is 1.12. The molecule has 0 atom stereocenters. The van der Waals surface area contributed by atoms with Crippen LogP contribution in [0.3, 0.4) is 0 Å². The van der Waals surface area contributed by atoms with Gasteiger partial charge in [-0.25, -0.2) is 4.98 Å². The lowest BCUT2D eigenvalue weighted by Crippen LogP contribution is -2.49. The highest BCUT2D eigenvalue weighted by atomic mass is 15.3. The summed E-state index contributed by atoms with van der Waals surface area (Å²) in [5, 5.41) is 0. The summed E-state index contributed by atoms with van der Waals surface area (Å²) in [5.74, 6) is 1.88. The fraction of sp³-hybridized carbons (Fsp3) is 0.733. The molecule has 0 aliphatic carbocycles. The van der Waals surface area contributed by atoms with Crippen molar-refractivity contribution in [1.29, 1.82) is 0 Å². The van der Waals surface area contributed by atoms with Gasteiger partial charge < -0.3 is 9.80 Å². The normalized spacial score (nSPS) is 16.8. The SMILES string of the molecule is CCc1cc(N2CCN(C(C)C)CC2)nc(N(C)C)n1. The van der Waals surface area contributed by atoms with E-state index in [0.29, 0.717) is 6.04 Å². The smallest absolute Gasteiger partial charge is 0.227 e. The zero-order valence-corrected chi connectivity index (χ0v) is 13.4. The number of aromatic nitrogens is 2. The minimum atomic E-state index is 0.631. The average Bonchev–Trinajstić information content (AvgIpc) is 2.46. The Balaban J connectivity index is 2.15. The molecule has 2 rings (SSSR count). The largest absolute Gasteiger partial charge is 0.354 e. The first-order chi connectivity index (χ1) is 9.51. The lowest BCUT2D eigenvalue weighted by Gasteiger charge is -2.37. The molecule has 1 aromatic rings. The Kier molecular flexibility index (Phi) is 4.81. The van der Waals surface area contributed by atoms with Crippen LogP contribution in [0, 0.1) is 0 Å². The summed E-state index contributed by atoms with van der Waals surface area (Å²) in [4.78, 5) is 16.1. The number of piperazine rings is 1. The van der Waals surface area contributed by atoms with Gasteiger partial charge in [0.05, 0.1) is 0 Å². The van der Waals surface area contributed by atoms with E-state index in [4.69, 9.17) is 4.98 Å². The molecule has 0 unspecified atom stereocenters. The van der Waals surface area contributed by atoms with Crippen molar-refractivity contribution < 1.29 is 0 Å². The first-order valence-corrected chi connectivity index (χ1v) is 7.55. The predicted molar refractivity (Wildman–Crippen MR) is 84.7 cm³/mol. The molecular weight excluding hydrogens is 250 g/mol. The van der Waals surface area contributed by atoms with E-state index in [1.54, 1.807) is 0 Å². The van der Waals surface area contributed by atoms with Crippen molar-refractivity contribution in [2.75, 3.05) is 50.1 Å². The van der Waals surface area contributed by atoms with E-state index in [9.17, 15) is 0 Å². The van der Waals surface area contributed by atoms with Gasteiger partial charge in [0.1, 0.15) is 5.82 Å². The molecule has 1 aliphatic rings. The van der Waals surface area contributed by atoms with Gasteiger partial charge in [-0.1, -0.05) is 6.92 Å². The van der Waals surface area contributed by atoms with Crippen LogP contribution >= 0.6 is 0 Å². The van der Waals surface area contributed by atoms with Gasteiger partial charge >= 0.3 is 0 Å². The summed E-state index contributed by atoms with van der Waals surface area (Å²) in [6.45, 7) is 11.0. The van der Waals surface area contributed by atoms with Crippen molar-refractivity contribution in [3.63, 3.8) is 0 Å². The molecule has 1 saturated heterocycles. The van der Waals surface area contributed by atoms with Crippen LogP contribution in [0.5, 0.6) is 0 Å². The highest BCUT2D eigenvalue weighted by molar-refractivity contribution is 5.46. The third kappa shape index (κ3) is 3.39. The van der Waals surface area contributed by atoms with E-state index < -0.39 is 0 Å². The molecule has 2 heterocycles. The van der Waals surface area contributed by atoms with Crippen molar-refractivity contribution in [3.05, 3.63) is 11.8 Å². The number of anilines is 2. The zero-order chi connectivity index (χ0) is 14.7. The van der Waals surface area contributed by atoms with Crippen molar-refractivity contribution in [1.82, 2.24) is 14.9 Å². The molecule has 0 amide bonds. The Bertz CT molecular complexity index is 436. The van der Waals surface area contributed by atoms with Crippen molar-refractivity contribution in [3.8, 4) is 0 Å². The molecule has 0 N–H and O–H groups in total. The van der Waals surface area contributed by atoms with Gasteiger partial charge in [-0.2, -0.15) is 4.98 Å². The molecular formula is C15H27N5. The van der Waals surface area contributed by atoms with E-state index in [2.05, 4.69) is 41.6 Å². The van der Waals surface area contributed by atoms with Crippen LogP contribution in [-0.2, 0) is 6.42 Å². The molecule has 0 spiro atoms. The first-order valence-electron chi connectivity index (χ1n) is 7.55. The second-order valence-electron chi connectivity index (χ2n) is 5.88. The molecule has 5 heteroatoms. The van der Waals surface area contributed by atoms with Gasteiger partial charge in [0, 0.05) is 58.1 Å². The molecule has 1 aromatic heterocycles. The Morgan fingerprint density at radius 2 is 1.80 bits per heavy atom. The Morgan fingerprint density at radius 3 is 2.30 bits per heavy atom. The number of hydrogen-bond acceptors (Lipinski definition) is 5. The number of hydrogen-bond donors (Lipinski definition) is 0. The highest BCUT2D eigenvalue weighted by Crippen LogP contribution is 2.19. The lowest BCUT2D eigenvalue weighted by molar-refractivity contribution is 0.209. The van der Waals surface area contributed by atoms with Crippen molar-refractivity contribution in [2.24, 2.45) is 0 Å². The topological polar surface area (TPSA) is 35.5 Å². The maximum atomic E-state index is 4.70. The van der Waals surface area contributed by atoms with Crippen LogP contribution in [0.25, 0.3) is 0 Å². The summed E-state index contributed by atoms with van der Waals surface area (Å²) < 4.78 is 0. The second-order valence-corrected chi connectivity index (χ2v) is 5.88. The standard InChI is InChI=1S/C15H27N5/c1-6-13-11-14(17-15(16-13)18(4)5)20-9-7-19(8-10-20)12(2)3/h11-12H,6-10H2,1-5H3. The maximum absolute atomic E-state index is 4.70. The van der Waals surface area contributed by atoms with Crippen LogP contribution < -0.4 is 9.80 Å². The average molecular weight is 277 g/mol. The summed E-state index contributed by atoms with van der Waals surface area (Å²) in [6, 6.07) is 2.77. The van der Waals surface area contributed by atoms with Gasteiger partial charge in [-0.15, -0.1) is 0 Å². The van der Waals surface area contributed by atoms with E-state index in [0.717, 1.165) is 50.1 Å². The lowest BCUT2D eigenvalue weighted by atomic mass is 10.2. The van der Waals surface area contributed by atoms with E-state index in [-0.39, 0.29) is 0 Å². The third-order valence-corrected chi connectivity index (χ3v) is 3.88. The van der Waals surface area contributed by atoms with Gasteiger partial charge in [-0.3, -0.25) is 4.90 Å². The fourth-order valence-corrected chi connectivity index (χ4v) is 2.48. The molecule has 0 aromatic carbocycles. The van der Waals surface area contributed by atoms with Crippen LogP contribution in [0.1, 0.15) is 26.5 Å². The molecule has 0 radical (unpaired) electrons. The molecule has 20 heavy (non-hydrogen) atoms. The summed E-state index contributed by atoms with van der Waals surface area (Å²) >= 11 is 0. The van der Waals surface area contributed by atoms with Crippen LogP contribution in [0.15, 0.2) is 6.07 Å². The number of nitrogens with zero attached hydrogens (tertiary/aromatic N) is 5. The fourth-order valence-electron chi connectivity index (χ4n) is 2.48. The highest BCUT2D eigenvalue weighted by Gasteiger charge is 2.20. The van der Waals surface area contributed by atoms with Crippen LogP contribution in [-0.4, -0.2) is 61.2 Å². The zero-order valence-electron chi connectivity index (χ0n) is 13.4. The van der Waals surface area contributed by atoms with Gasteiger partial charge in [0.15, 0.2) is 0 Å². The molecule has 5 nitrogen and oxygen atoms in total. The summed E-state index contributed by atoms with van der Waals surface area (Å²) in [6.07, 6.45) is 0.947. The molecule has 1 aliphatic heterocycles. The van der Waals surface area contributed by atoms with Crippen LogP contribution in [0.4, 0.5) is 11.8 Å². The van der Waals surface area contributed by atoms with E-state index in [1.165, 1.54) is 0 Å². The second kappa shape index (κ2) is 6.39. The predicted octanol–water partition coefficient (Wildman–Crippen LogP) is 1.64. The first kappa shape index (κ1) is 15.0.